The second kappa shape index (κ2) is 10.9. The SMILES string of the molecule is CCOC(=O)c1cc(-c2ccccc2)sc1NC(=O)C(C)N1CCC(NC(C)C)CC1. The highest BCUT2D eigenvalue weighted by Gasteiger charge is 2.28. The molecule has 2 N–H and O–H groups in total. The molecule has 6 nitrogen and oxygen atoms in total. The Bertz CT molecular complexity index is 873. The highest BCUT2D eigenvalue weighted by atomic mass is 32.1. The van der Waals surface area contributed by atoms with Crippen molar-refractivity contribution in [3.05, 3.63) is 42.0 Å². The molecule has 0 radical (unpaired) electrons. The maximum atomic E-state index is 13.0. The number of carbonyl (C=O) groups excluding carboxylic acids is 2. The van der Waals surface area contributed by atoms with Gasteiger partial charge in [0, 0.05) is 30.1 Å². The van der Waals surface area contributed by atoms with E-state index in [4.69, 9.17) is 4.74 Å². The molecule has 0 spiro atoms. The van der Waals surface area contributed by atoms with Crippen LogP contribution in [0.25, 0.3) is 10.4 Å². The van der Waals surface area contributed by atoms with Crippen LogP contribution in [0.15, 0.2) is 36.4 Å². The summed E-state index contributed by atoms with van der Waals surface area (Å²) < 4.78 is 5.22. The third-order valence-electron chi connectivity index (χ3n) is 5.55. The summed E-state index contributed by atoms with van der Waals surface area (Å²) in [4.78, 5) is 28.7. The Balaban J connectivity index is 1.71. The number of amides is 1. The molecule has 1 aliphatic rings. The first-order chi connectivity index (χ1) is 14.9. The van der Waals surface area contributed by atoms with Gasteiger partial charge in [-0.2, -0.15) is 0 Å². The van der Waals surface area contributed by atoms with E-state index >= 15 is 0 Å². The lowest BCUT2D eigenvalue weighted by Crippen LogP contribution is -2.50. The van der Waals surface area contributed by atoms with Gasteiger partial charge in [-0.3, -0.25) is 9.69 Å². The van der Waals surface area contributed by atoms with E-state index in [1.807, 2.05) is 37.3 Å². The van der Waals surface area contributed by atoms with Crippen LogP contribution < -0.4 is 10.6 Å². The fraction of sp³-hybridized carbons (Fsp3) is 0.500. The number of hydrogen-bond acceptors (Lipinski definition) is 6. The molecule has 1 unspecified atom stereocenters. The number of thiophene rings is 1. The van der Waals surface area contributed by atoms with Crippen molar-refractivity contribution in [2.45, 2.75) is 58.7 Å². The van der Waals surface area contributed by atoms with Crippen molar-refractivity contribution in [3.8, 4) is 10.4 Å². The molecule has 0 bridgehead atoms. The molecule has 1 saturated heterocycles. The predicted octanol–water partition coefficient (Wildman–Crippen LogP) is 4.38. The Morgan fingerprint density at radius 2 is 1.84 bits per heavy atom. The molecule has 168 valence electrons. The second-order valence-corrected chi connectivity index (χ2v) is 9.29. The molecule has 1 aromatic carbocycles. The second-order valence-electron chi connectivity index (χ2n) is 8.24. The summed E-state index contributed by atoms with van der Waals surface area (Å²) in [6.45, 7) is 10.1. The van der Waals surface area contributed by atoms with Gasteiger partial charge in [0.15, 0.2) is 0 Å². The van der Waals surface area contributed by atoms with E-state index in [9.17, 15) is 9.59 Å². The standard InChI is InChI=1S/C24H33N3O3S/c1-5-30-24(29)20-15-21(18-9-7-6-8-10-18)31-23(20)26-22(28)17(4)27-13-11-19(12-14-27)25-16(2)3/h6-10,15-17,19,25H,5,11-14H2,1-4H3,(H,26,28). The lowest BCUT2D eigenvalue weighted by Gasteiger charge is -2.36. The molecule has 1 atom stereocenters. The van der Waals surface area contributed by atoms with E-state index in [2.05, 4.69) is 29.4 Å². The fourth-order valence-corrected chi connectivity index (χ4v) is 4.95. The largest absolute Gasteiger partial charge is 0.462 e. The number of likely N-dealkylation sites (tertiary alicyclic amines) is 1. The summed E-state index contributed by atoms with van der Waals surface area (Å²) in [5, 5.41) is 7.13. The lowest BCUT2D eigenvalue weighted by atomic mass is 10.0. The number of rotatable bonds is 8. The van der Waals surface area contributed by atoms with Gasteiger partial charge < -0.3 is 15.4 Å². The van der Waals surface area contributed by atoms with Gasteiger partial charge in [0.1, 0.15) is 5.00 Å². The summed E-state index contributed by atoms with van der Waals surface area (Å²) >= 11 is 1.41. The fourth-order valence-electron chi connectivity index (χ4n) is 3.90. The van der Waals surface area contributed by atoms with Gasteiger partial charge in [-0.15, -0.1) is 11.3 Å². The van der Waals surface area contributed by atoms with Gasteiger partial charge in [0.25, 0.3) is 0 Å². The van der Waals surface area contributed by atoms with Gasteiger partial charge in [0.05, 0.1) is 18.2 Å². The third kappa shape index (κ3) is 6.15. The summed E-state index contributed by atoms with van der Waals surface area (Å²) in [7, 11) is 0. The number of carbonyl (C=O) groups is 2. The molecular formula is C24H33N3O3S. The Morgan fingerprint density at radius 1 is 1.16 bits per heavy atom. The van der Waals surface area contributed by atoms with Crippen LogP contribution in [0.3, 0.4) is 0 Å². The molecule has 1 fully saturated rings. The first kappa shape index (κ1) is 23.4. The maximum absolute atomic E-state index is 13.0. The van der Waals surface area contributed by atoms with Crippen LogP contribution in [0.5, 0.6) is 0 Å². The molecule has 2 heterocycles. The van der Waals surface area contributed by atoms with Crippen LogP contribution in [-0.2, 0) is 9.53 Å². The highest BCUT2D eigenvalue weighted by molar-refractivity contribution is 7.20. The summed E-state index contributed by atoms with van der Waals surface area (Å²) in [5.41, 5.74) is 1.41. The van der Waals surface area contributed by atoms with Gasteiger partial charge in [-0.1, -0.05) is 44.2 Å². The number of anilines is 1. The minimum absolute atomic E-state index is 0.0951. The number of esters is 1. The zero-order valence-corrected chi connectivity index (χ0v) is 19.6. The molecule has 1 amide bonds. The molecular weight excluding hydrogens is 410 g/mol. The monoisotopic (exact) mass is 443 g/mol. The number of hydrogen-bond donors (Lipinski definition) is 2. The van der Waals surface area contributed by atoms with E-state index in [1.165, 1.54) is 11.3 Å². The quantitative estimate of drug-likeness (QED) is 0.593. The first-order valence-electron chi connectivity index (χ1n) is 11.1. The van der Waals surface area contributed by atoms with E-state index in [1.54, 1.807) is 13.0 Å². The van der Waals surface area contributed by atoms with Crippen molar-refractivity contribution in [3.63, 3.8) is 0 Å². The molecule has 1 aliphatic heterocycles. The van der Waals surface area contributed by atoms with E-state index in [-0.39, 0.29) is 11.9 Å². The molecule has 0 aliphatic carbocycles. The summed E-state index contributed by atoms with van der Waals surface area (Å²) in [6, 6.07) is 12.4. The molecule has 31 heavy (non-hydrogen) atoms. The van der Waals surface area contributed by atoms with Crippen LogP contribution in [0.4, 0.5) is 5.00 Å². The topological polar surface area (TPSA) is 70.7 Å². The number of ether oxygens (including phenoxy) is 1. The lowest BCUT2D eigenvalue weighted by molar-refractivity contribution is -0.121. The van der Waals surface area contributed by atoms with Crippen molar-refractivity contribution in [2.75, 3.05) is 25.0 Å². The number of nitrogens with zero attached hydrogens (tertiary/aromatic N) is 1. The third-order valence-corrected chi connectivity index (χ3v) is 6.65. The number of benzene rings is 1. The van der Waals surface area contributed by atoms with Crippen LogP contribution in [0, 0.1) is 0 Å². The van der Waals surface area contributed by atoms with E-state index in [0.29, 0.717) is 29.3 Å². The van der Waals surface area contributed by atoms with Crippen molar-refractivity contribution < 1.29 is 14.3 Å². The minimum atomic E-state index is -0.413. The zero-order chi connectivity index (χ0) is 22.4. The van der Waals surface area contributed by atoms with Crippen LogP contribution >= 0.6 is 11.3 Å². The Morgan fingerprint density at radius 3 is 2.45 bits per heavy atom. The molecule has 2 aromatic rings. The van der Waals surface area contributed by atoms with Gasteiger partial charge in [-0.25, -0.2) is 4.79 Å². The van der Waals surface area contributed by atoms with Crippen LogP contribution in [0.1, 0.15) is 50.9 Å². The average Bonchev–Trinajstić information content (AvgIpc) is 3.18. The number of piperidine rings is 1. The highest BCUT2D eigenvalue weighted by Crippen LogP contribution is 2.36. The Hall–Kier alpha value is -2.22. The van der Waals surface area contributed by atoms with Crippen molar-refractivity contribution in [1.29, 1.82) is 0 Å². The van der Waals surface area contributed by atoms with Gasteiger partial charge in [0.2, 0.25) is 5.91 Å². The average molecular weight is 444 g/mol. The Labute approximate surface area is 189 Å². The van der Waals surface area contributed by atoms with Crippen molar-refractivity contribution in [2.24, 2.45) is 0 Å². The smallest absolute Gasteiger partial charge is 0.341 e. The maximum Gasteiger partial charge on any atom is 0.341 e. The first-order valence-corrected chi connectivity index (χ1v) is 11.9. The van der Waals surface area contributed by atoms with Crippen molar-refractivity contribution in [1.82, 2.24) is 10.2 Å². The molecule has 3 rings (SSSR count). The molecule has 7 heteroatoms. The van der Waals surface area contributed by atoms with Crippen molar-refractivity contribution >= 4 is 28.2 Å². The molecule has 0 saturated carbocycles. The molecule has 1 aromatic heterocycles. The van der Waals surface area contributed by atoms with Gasteiger partial charge in [-0.05, 0) is 38.3 Å². The van der Waals surface area contributed by atoms with E-state index in [0.717, 1.165) is 36.4 Å². The van der Waals surface area contributed by atoms with Gasteiger partial charge >= 0.3 is 5.97 Å². The summed E-state index contributed by atoms with van der Waals surface area (Å²) in [5.74, 6) is -0.508. The van der Waals surface area contributed by atoms with E-state index < -0.39 is 5.97 Å². The normalized spacial score (nSPS) is 16.3. The summed E-state index contributed by atoms with van der Waals surface area (Å²) in [6.07, 6.45) is 2.06. The van der Waals surface area contributed by atoms with Crippen LogP contribution in [-0.4, -0.2) is 54.6 Å². The van der Waals surface area contributed by atoms with Crippen LogP contribution in [0.2, 0.25) is 0 Å². The minimum Gasteiger partial charge on any atom is -0.462 e. The zero-order valence-electron chi connectivity index (χ0n) is 18.8. The Kier molecular flexibility index (Phi) is 8.23. The predicted molar refractivity (Wildman–Crippen MR) is 127 cm³/mol. The number of nitrogens with one attached hydrogen (secondary N) is 2.